The van der Waals surface area contributed by atoms with Crippen LogP contribution in [-0.2, 0) is 0 Å². The quantitative estimate of drug-likeness (QED) is 0.730. The Kier molecular flexibility index (Phi) is 2.26. The Balaban J connectivity index is 2.23. The summed E-state index contributed by atoms with van der Waals surface area (Å²) in [6.07, 6.45) is 1.61. The van der Waals surface area contributed by atoms with Crippen molar-refractivity contribution in [3.8, 4) is 11.4 Å². The van der Waals surface area contributed by atoms with Crippen LogP contribution in [0.15, 0.2) is 39.6 Å². The second kappa shape index (κ2) is 3.64. The third-order valence-electron chi connectivity index (χ3n) is 2.32. The highest BCUT2D eigenvalue weighted by molar-refractivity contribution is 9.10. The molecule has 0 radical (unpaired) electrons. The molecule has 2 heterocycles. The molecular weight excluding hydrogens is 291 g/mol. The zero-order valence-electron chi connectivity index (χ0n) is 8.00. The van der Waals surface area contributed by atoms with Crippen molar-refractivity contribution in [3.63, 3.8) is 0 Å². The number of rotatable bonds is 1. The van der Waals surface area contributed by atoms with Gasteiger partial charge in [-0.3, -0.25) is 0 Å². The number of nitrogens with one attached hydrogen (secondary N) is 1. The minimum atomic E-state index is 0.664. The Morgan fingerprint density at radius 2 is 2.19 bits per heavy atom. The van der Waals surface area contributed by atoms with Gasteiger partial charge in [0.1, 0.15) is 5.82 Å². The van der Waals surface area contributed by atoms with Crippen molar-refractivity contribution in [2.45, 2.75) is 0 Å². The lowest BCUT2D eigenvalue weighted by atomic mass is 10.3. The summed E-state index contributed by atoms with van der Waals surface area (Å²) in [5, 5.41) is 0.689. The summed E-state index contributed by atoms with van der Waals surface area (Å²) in [6.45, 7) is 0. The average molecular weight is 298 g/mol. The van der Waals surface area contributed by atoms with Crippen LogP contribution in [0.5, 0.6) is 0 Å². The minimum Gasteiger partial charge on any atom is -0.457 e. The number of halogens is 2. The molecule has 80 valence electrons. The van der Waals surface area contributed by atoms with E-state index in [1.54, 1.807) is 6.26 Å². The number of fused-ring (bicyclic) bond motifs is 1. The standard InChI is InChI=1S/C11H6BrClN2O/c12-10-7(3-4-16-10)11-14-8-2-1-6(13)5-9(8)15-11/h1-5H,(H,14,15). The van der Waals surface area contributed by atoms with Gasteiger partial charge >= 0.3 is 0 Å². The fourth-order valence-electron chi connectivity index (χ4n) is 1.57. The van der Waals surface area contributed by atoms with Gasteiger partial charge < -0.3 is 9.40 Å². The second-order valence-corrected chi connectivity index (χ2v) is 4.51. The first-order valence-corrected chi connectivity index (χ1v) is 5.80. The van der Waals surface area contributed by atoms with Crippen molar-refractivity contribution in [3.05, 3.63) is 40.2 Å². The lowest BCUT2D eigenvalue weighted by molar-refractivity contribution is 0.542. The number of benzene rings is 1. The Hall–Kier alpha value is -1.26. The van der Waals surface area contributed by atoms with E-state index in [4.69, 9.17) is 16.0 Å². The van der Waals surface area contributed by atoms with Gasteiger partial charge in [-0.1, -0.05) is 11.6 Å². The van der Waals surface area contributed by atoms with E-state index in [1.165, 1.54) is 0 Å². The first-order valence-electron chi connectivity index (χ1n) is 4.63. The molecule has 0 aliphatic carbocycles. The van der Waals surface area contributed by atoms with E-state index in [0.717, 1.165) is 22.4 Å². The molecule has 0 spiro atoms. The SMILES string of the molecule is Clc1ccc2nc(-c3ccoc3Br)[nH]c2c1. The molecule has 0 unspecified atom stereocenters. The van der Waals surface area contributed by atoms with Crippen LogP contribution in [0.2, 0.25) is 5.02 Å². The van der Waals surface area contributed by atoms with Crippen LogP contribution >= 0.6 is 27.5 Å². The maximum absolute atomic E-state index is 5.91. The summed E-state index contributed by atoms with van der Waals surface area (Å²) in [6, 6.07) is 7.40. The maximum Gasteiger partial charge on any atom is 0.179 e. The Bertz CT molecular complexity index is 659. The molecule has 3 rings (SSSR count). The van der Waals surface area contributed by atoms with E-state index in [0.29, 0.717) is 9.69 Å². The molecule has 0 aliphatic rings. The molecule has 5 heteroatoms. The van der Waals surface area contributed by atoms with Gasteiger partial charge in [-0.2, -0.15) is 0 Å². The van der Waals surface area contributed by atoms with Crippen LogP contribution in [0, 0.1) is 0 Å². The molecule has 1 N–H and O–H groups in total. The predicted molar refractivity (Wildman–Crippen MR) is 66.5 cm³/mol. The van der Waals surface area contributed by atoms with Gasteiger partial charge in [0.05, 0.1) is 22.9 Å². The number of hydrogen-bond donors (Lipinski definition) is 1. The molecule has 3 nitrogen and oxygen atoms in total. The second-order valence-electron chi connectivity index (χ2n) is 3.35. The molecule has 16 heavy (non-hydrogen) atoms. The smallest absolute Gasteiger partial charge is 0.179 e. The zero-order chi connectivity index (χ0) is 11.1. The van der Waals surface area contributed by atoms with Crippen LogP contribution in [-0.4, -0.2) is 9.97 Å². The van der Waals surface area contributed by atoms with E-state index < -0.39 is 0 Å². The maximum atomic E-state index is 5.91. The summed E-state index contributed by atoms with van der Waals surface area (Å²) in [5.74, 6) is 0.762. The molecule has 0 fully saturated rings. The zero-order valence-corrected chi connectivity index (χ0v) is 10.3. The normalized spacial score (nSPS) is 11.1. The molecule has 1 aromatic carbocycles. The predicted octanol–water partition coefficient (Wildman–Crippen LogP) is 4.24. The van der Waals surface area contributed by atoms with Crippen LogP contribution in [0.4, 0.5) is 0 Å². The van der Waals surface area contributed by atoms with Gasteiger partial charge in [0, 0.05) is 5.02 Å². The minimum absolute atomic E-state index is 0.664. The third-order valence-corrected chi connectivity index (χ3v) is 3.17. The largest absolute Gasteiger partial charge is 0.457 e. The molecule has 0 amide bonds. The third kappa shape index (κ3) is 1.54. The number of H-pyrrole nitrogens is 1. The van der Waals surface area contributed by atoms with Gasteiger partial charge in [-0.25, -0.2) is 4.98 Å². The molecule has 0 bridgehead atoms. The number of aromatic amines is 1. The fourth-order valence-corrected chi connectivity index (χ4v) is 2.17. The van der Waals surface area contributed by atoms with Gasteiger partial charge in [-0.15, -0.1) is 0 Å². The first kappa shape index (κ1) is 9.93. The van der Waals surface area contributed by atoms with E-state index in [2.05, 4.69) is 25.9 Å². The van der Waals surface area contributed by atoms with Crippen molar-refractivity contribution in [1.82, 2.24) is 9.97 Å². The van der Waals surface area contributed by atoms with Crippen LogP contribution < -0.4 is 0 Å². The number of nitrogens with zero attached hydrogens (tertiary/aromatic N) is 1. The van der Waals surface area contributed by atoms with Crippen LogP contribution in [0.3, 0.4) is 0 Å². The summed E-state index contributed by atoms with van der Waals surface area (Å²) < 4.78 is 5.83. The summed E-state index contributed by atoms with van der Waals surface area (Å²) >= 11 is 9.23. The average Bonchev–Trinajstić information content (AvgIpc) is 2.82. The molecular formula is C11H6BrClN2O. The number of imidazole rings is 1. The van der Waals surface area contributed by atoms with Gasteiger partial charge in [-0.05, 0) is 40.2 Å². The van der Waals surface area contributed by atoms with Crippen molar-refractivity contribution in [2.75, 3.05) is 0 Å². The summed E-state index contributed by atoms with van der Waals surface area (Å²) in [5.41, 5.74) is 2.69. The van der Waals surface area contributed by atoms with E-state index in [9.17, 15) is 0 Å². The molecule has 3 aromatic rings. The van der Waals surface area contributed by atoms with Crippen molar-refractivity contribution >= 4 is 38.6 Å². The van der Waals surface area contributed by atoms with Gasteiger partial charge in [0.2, 0.25) is 0 Å². The first-order chi connectivity index (χ1) is 7.74. The molecule has 0 atom stereocenters. The van der Waals surface area contributed by atoms with Gasteiger partial charge in [0.15, 0.2) is 4.67 Å². The highest BCUT2D eigenvalue weighted by atomic mass is 79.9. The molecule has 0 saturated heterocycles. The Morgan fingerprint density at radius 3 is 2.94 bits per heavy atom. The Labute approximate surface area is 105 Å². The van der Waals surface area contributed by atoms with E-state index in [-0.39, 0.29) is 0 Å². The number of aromatic nitrogens is 2. The highest BCUT2D eigenvalue weighted by Gasteiger charge is 2.10. The fraction of sp³-hybridized carbons (Fsp3) is 0. The number of hydrogen-bond acceptors (Lipinski definition) is 2. The Morgan fingerprint density at radius 1 is 1.31 bits per heavy atom. The highest BCUT2D eigenvalue weighted by Crippen LogP contribution is 2.29. The topological polar surface area (TPSA) is 41.8 Å². The van der Waals surface area contributed by atoms with Crippen LogP contribution in [0.1, 0.15) is 0 Å². The summed E-state index contributed by atoms with van der Waals surface area (Å²) in [7, 11) is 0. The van der Waals surface area contributed by atoms with Crippen molar-refractivity contribution in [2.24, 2.45) is 0 Å². The van der Waals surface area contributed by atoms with E-state index in [1.807, 2.05) is 24.3 Å². The molecule has 2 aromatic heterocycles. The monoisotopic (exact) mass is 296 g/mol. The lowest BCUT2D eigenvalue weighted by Gasteiger charge is -1.89. The lowest BCUT2D eigenvalue weighted by Crippen LogP contribution is -1.76. The molecule has 0 aliphatic heterocycles. The van der Waals surface area contributed by atoms with Crippen LogP contribution in [0.25, 0.3) is 22.4 Å². The number of furan rings is 1. The summed E-state index contributed by atoms with van der Waals surface area (Å²) in [4.78, 5) is 7.65. The van der Waals surface area contributed by atoms with E-state index >= 15 is 0 Å². The van der Waals surface area contributed by atoms with Crippen molar-refractivity contribution in [1.29, 1.82) is 0 Å². The molecule has 0 saturated carbocycles. The van der Waals surface area contributed by atoms with Gasteiger partial charge in [0.25, 0.3) is 0 Å². The van der Waals surface area contributed by atoms with Crippen molar-refractivity contribution < 1.29 is 4.42 Å².